The number of nitrogen functional groups attached to an aromatic ring is 1. The first-order chi connectivity index (χ1) is 10.1. The molecule has 2 bridgehead atoms. The standard InChI is InChI=1S/C14H21N5O2/c1-8(11-6-9-2-4-10(11)5-3-9)18-14-12(19(20)21)13(15)16-7-17-14/h7-11H,2-6H2,1H3,(H3,15,16,17,18)/t8-,9?,10?,11-/m0/s1. The molecule has 7 nitrogen and oxygen atoms in total. The molecule has 3 aliphatic carbocycles. The number of anilines is 2. The molecule has 3 aliphatic rings. The summed E-state index contributed by atoms with van der Waals surface area (Å²) in [5, 5.41) is 14.3. The third-order valence-electron chi connectivity index (χ3n) is 5.14. The number of nitrogens with one attached hydrogen (secondary N) is 1. The molecular formula is C14H21N5O2. The van der Waals surface area contributed by atoms with Gasteiger partial charge in [0.15, 0.2) is 0 Å². The number of nitro groups is 1. The van der Waals surface area contributed by atoms with Crippen molar-refractivity contribution in [2.75, 3.05) is 11.1 Å². The minimum Gasteiger partial charge on any atom is -0.378 e. The molecule has 7 heteroatoms. The van der Waals surface area contributed by atoms with E-state index in [9.17, 15) is 10.1 Å². The van der Waals surface area contributed by atoms with E-state index >= 15 is 0 Å². The van der Waals surface area contributed by atoms with Crippen molar-refractivity contribution >= 4 is 17.3 Å². The maximum Gasteiger partial charge on any atom is 0.352 e. The van der Waals surface area contributed by atoms with Crippen molar-refractivity contribution in [2.24, 2.45) is 17.8 Å². The van der Waals surface area contributed by atoms with Crippen molar-refractivity contribution in [1.29, 1.82) is 0 Å². The van der Waals surface area contributed by atoms with E-state index < -0.39 is 4.92 Å². The van der Waals surface area contributed by atoms with Gasteiger partial charge in [-0.2, -0.15) is 0 Å². The number of fused-ring (bicyclic) bond motifs is 3. The molecule has 1 aromatic heterocycles. The first-order valence-corrected chi connectivity index (χ1v) is 7.57. The van der Waals surface area contributed by atoms with E-state index in [0.717, 1.165) is 11.8 Å². The van der Waals surface area contributed by atoms with Gasteiger partial charge in [0.05, 0.1) is 4.92 Å². The van der Waals surface area contributed by atoms with E-state index in [1.165, 1.54) is 38.4 Å². The van der Waals surface area contributed by atoms with Gasteiger partial charge in [0.25, 0.3) is 0 Å². The Balaban J connectivity index is 1.77. The van der Waals surface area contributed by atoms with Gasteiger partial charge in [-0.15, -0.1) is 0 Å². The Morgan fingerprint density at radius 3 is 2.67 bits per heavy atom. The summed E-state index contributed by atoms with van der Waals surface area (Å²) in [7, 11) is 0. The summed E-state index contributed by atoms with van der Waals surface area (Å²) in [6, 6.07) is 0.158. The molecule has 0 aromatic carbocycles. The molecule has 0 unspecified atom stereocenters. The quantitative estimate of drug-likeness (QED) is 0.652. The van der Waals surface area contributed by atoms with Gasteiger partial charge >= 0.3 is 5.69 Å². The average molecular weight is 291 g/mol. The molecule has 0 saturated heterocycles. The SMILES string of the molecule is C[C@H](Nc1ncnc(N)c1[N+](=O)[O-])[C@@H]1CC2CCC1CC2. The second-order valence-corrected chi connectivity index (χ2v) is 6.33. The molecule has 2 atom stereocenters. The van der Waals surface area contributed by atoms with Crippen molar-refractivity contribution in [3.63, 3.8) is 0 Å². The highest BCUT2D eigenvalue weighted by Gasteiger charge is 2.38. The van der Waals surface area contributed by atoms with Crippen LogP contribution >= 0.6 is 0 Å². The van der Waals surface area contributed by atoms with Crippen LogP contribution < -0.4 is 11.1 Å². The van der Waals surface area contributed by atoms with Crippen LogP contribution in [0.2, 0.25) is 0 Å². The van der Waals surface area contributed by atoms with Gasteiger partial charge in [-0.3, -0.25) is 10.1 Å². The summed E-state index contributed by atoms with van der Waals surface area (Å²) in [6.07, 6.45) is 7.74. The van der Waals surface area contributed by atoms with Crippen LogP contribution in [-0.2, 0) is 0 Å². The molecule has 0 amide bonds. The van der Waals surface area contributed by atoms with Crippen LogP contribution in [0.1, 0.15) is 39.0 Å². The lowest BCUT2D eigenvalue weighted by Crippen LogP contribution is -2.40. The van der Waals surface area contributed by atoms with Gasteiger partial charge in [0, 0.05) is 6.04 Å². The molecule has 3 N–H and O–H groups in total. The van der Waals surface area contributed by atoms with Crippen molar-refractivity contribution in [3.8, 4) is 0 Å². The lowest BCUT2D eigenvalue weighted by molar-refractivity contribution is -0.383. The Kier molecular flexibility index (Phi) is 3.65. The lowest BCUT2D eigenvalue weighted by atomic mass is 9.63. The van der Waals surface area contributed by atoms with Crippen molar-refractivity contribution in [3.05, 3.63) is 16.4 Å². The predicted octanol–water partition coefficient (Wildman–Crippen LogP) is 2.59. The molecule has 21 heavy (non-hydrogen) atoms. The fraction of sp³-hybridized carbons (Fsp3) is 0.714. The number of nitrogens with two attached hydrogens (primary N) is 1. The van der Waals surface area contributed by atoms with E-state index in [1.54, 1.807) is 0 Å². The van der Waals surface area contributed by atoms with E-state index in [1.807, 2.05) is 0 Å². The van der Waals surface area contributed by atoms with Gasteiger partial charge in [0.2, 0.25) is 11.6 Å². The predicted molar refractivity (Wildman–Crippen MR) is 79.7 cm³/mol. The topological polar surface area (TPSA) is 107 Å². The Hall–Kier alpha value is -1.92. The first-order valence-electron chi connectivity index (χ1n) is 7.57. The summed E-state index contributed by atoms with van der Waals surface area (Å²) < 4.78 is 0. The minimum absolute atomic E-state index is 0.0881. The highest BCUT2D eigenvalue weighted by molar-refractivity contribution is 5.67. The van der Waals surface area contributed by atoms with E-state index in [0.29, 0.717) is 5.92 Å². The van der Waals surface area contributed by atoms with E-state index in [2.05, 4.69) is 22.2 Å². The second-order valence-electron chi connectivity index (χ2n) is 6.33. The molecule has 3 saturated carbocycles. The molecule has 3 fully saturated rings. The Bertz CT molecular complexity index is 542. The van der Waals surface area contributed by atoms with Crippen LogP contribution in [0.25, 0.3) is 0 Å². The fourth-order valence-corrected chi connectivity index (χ4v) is 4.04. The van der Waals surface area contributed by atoms with Gasteiger partial charge < -0.3 is 11.1 Å². The average Bonchev–Trinajstić information content (AvgIpc) is 2.48. The molecule has 1 heterocycles. The van der Waals surface area contributed by atoms with Crippen LogP contribution in [0.4, 0.5) is 17.3 Å². The van der Waals surface area contributed by atoms with Crippen molar-refractivity contribution in [2.45, 2.75) is 45.1 Å². The molecule has 1 aromatic rings. The summed E-state index contributed by atoms with van der Waals surface area (Å²) in [6.45, 7) is 2.09. The minimum atomic E-state index is -0.516. The highest BCUT2D eigenvalue weighted by atomic mass is 16.6. The molecule has 0 radical (unpaired) electrons. The zero-order chi connectivity index (χ0) is 15.0. The third kappa shape index (κ3) is 2.64. The van der Waals surface area contributed by atoms with Crippen LogP contribution in [0.3, 0.4) is 0 Å². The van der Waals surface area contributed by atoms with Crippen molar-refractivity contribution < 1.29 is 4.92 Å². The Labute approximate surface area is 123 Å². The number of hydrogen-bond acceptors (Lipinski definition) is 6. The number of nitrogens with zero attached hydrogens (tertiary/aromatic N) is 3. The molecule has 0 spiro atoms. The molecular weight excluding hydrogens is 270 g/mol. The largest absolute Gasteiger partial charge is 0.378 e. The Morgan fingerprint density at radius 1 is 1.38 bits per heavy atom. The smallest absolute Gasteiger partial charge is 0.352 e. The normalized spacial score (nSPS) is 29.1. The van der Waals surface area contributed by atoms with Crippen LogP contribution in [0.5, 0.6) is 0 Å². The third-order valence-corrected chi connectivity index (χ3v) is 5.14. The van der Waals surface area contributed by atoms with Gasteiger partial charge in [-0.25, -0.2) is 9.97 Å². The monoisotopic (exact) mass is 291 g/mol. The van der Waals surface area contributed by atoms with E-state index in [-0.39, 0.29) is 23.4 Å². The zero-order valence-electron chi connectivity index (χ0n) is 12.2. The molecule has 4 rings (SSSR count). The number of rotatable bonds is 4. The summed E-state index contributed by atoms with van der Waals surface area (Å²) in [4.78, 5) is 18.3. The Morgan fingerprint density at radius 2 is 2.10 bits per heavy atom. The second kappa shape index (κ2) is 5.46. The molecule has 114 valence electrons. The summed E-state index contributed by atoms with van der Waals surface area (Å²) >= 11 is 0. The van der Waals surface area contributed by atoms with Gasteiger partial charge in [-0.05, 0) is 43.9 Å². The summed E-state index contributed by atoms with van der Waals surface area (Å²) in [5.74, 6) is 2.27. The van der Waals surface area contributed by atoms with Crippen LogP contribution in [0, 0.1) is 27.9 Å². The maximum atomic E-state index is 11.1. The van der Waals surface area contributed by atoms with Crippen molar-refractivity contribution in [1.82, 2.24) is 9.97 Å². The number of aromatic nitrogens is 2. The van der Waals surface area contributed by atoms with Crippen LogP contribution in [0.15, 0.2) is 6.33 Å². The molecule has 0 aliphatic heterocycles. The van der Waals surface area contributed by atoms with Gasteiger partial charge in [-0.1, -0.05) is 12.8 Å². The fourth-order valence-electron chi connectivity index (χ4n) is 4.04. The van der Waals surface area contributed by atoms with Crippen LogP contribution in [-0.4, -0.2) is 20.9 Å². The van der Waals surface area contributed by atoms with E-state index in [4.69, 9.17) is 5.73 Å². The maximum absolute atomic E-state index is 11.1. The number of hydrogen-bond donors (Lipinski definition) is 2. The zero-order valence-corrected chi connectivity index (χ0v) is 12.2. The summed E-state index contributed by atoms with van der Waals surface area (Å²) in [5.41, 5.74) is 5.39. The lowest BCUT2D eigenvalue weighted by Gasteiger charge is -2.45. The van der Waals surface area contributed by atoms with Gasteiger partial charge in [0.1, 0.15) is 6.33 Å². The first kappa shape index (κ1) is 14.0. The highest BCUT2D eigenvalue weighted by Crippen LogP contribution is 2.46.